The van der Waals surface area contributed by atoms with Gasteiger partial charge in [-0.1, -0.05) is 30.3 Å². The van der Waals surface area contributed by atoms with E-state index in [-0.39, 0.29) is 0 Å². The fourth-order valence-corrected chi connectivity index (χ4v) is 4.37. The summed E-state index contributed by atoms with van der Waals surface area (Å²) in [5.41, 5.74) is 1.34. The number of aliphatic hydroxyl groups is 1. The van der Waals surface area contributed by atoms with Gasteiger partial charge in [0.05, 0.1) is 0 Å². The van der Waals surface area contributed by atoms with E-state index >= 15 is 0 Å². The van der Waals surface area contributed by atoms with Crippen molar-refractivity contribution in [2.24, 2.45) is 5.92 Å². The largest absolute Gasteiger partial charge is 0.442 e. The summed E-state index contributed by atoms with van der Waals surface area (Å²) in [5.74, 6) is 0.899. The Morgan fingerprint density at radius 3 is 2.76 bits per heavy atom. The molecule has 2 heterocycles. The fraction of sp³-hybridized carbons (Fsp3) is 0.682. The molecule has 1 amide bonds. The van der Waals surface area contributed by atoms with Crippen molar-refractivity contribution >= 4 is 6.09 Å². The quantitative estimate of drug-likeness (QED) is 0.603. The van der Waals surface area contributed by atoms with Gasteiger partial charge in [0.25, 0.3) is 0 Å². The monoisotopic (exact) mass is 402 g/mol. The molecule has 0 spiro atoms. The zero-order chi connectivity index (χ0) is 20.1. The van der Waals surface area contributed by atoms with Crippen molar-refractivity contribution in [3.05, 3.63) is 35.9 Å². The number of carbonyl (C=O) groups is 1. The molecule has 3 N–H and O–H groups in total. The normalized spacial score (nSPS) is 28.4. The lowest BCUT2D eigenvalue weighted by Crippen LogP contribution is -2.53. The molecule has 160 valence electrons. The van der Waals surface area contributed by atoms with Crippen molar-refractivity contribution in [3.63, 3.8) is 0 Å². The Morgan fingerprint density at radius 1 is 1.21 bits per heavy atom. The van der Waals surface area contributed by atoms with Gasteiger partial charge in [-0.3, -0.25) is 4.90 Å². The molecule has 29 heavy (non-hydrogen) atoms. The number of β-amino-alcohol motifs (C(OH)–C–C–N with tert-alkyl or cyclic N) is 1. The number of alkyl carbamates (subject to hydrolysis) is 1. The minimum atomic E-state index is -0.614. The molecule has 0 radical (unpaired) electrons. The lowest BCUT2D eigenvalue weighted by Gasteiger charge is -2.42. The van der Waals surface area contributed by atoms with Crippen LogP contribution in [0.1, 0.15) is 24.8 Å². The van der Waals surface area contributed by atoms with Crippen molar-refractivity contribution in [1.29, 1.82) is 0 Å². The zero-order valence-electron chi connectivity index (χ0n) is 17.1. The molecule has 2 aliphatic heterocycles. The molecule has 0 unspecified atom stereocenters. The number of benzene rings is 1. The second-order valence-corrected chi connectivity index (χ2v) is 8.70. The average molecular weight is 403 g/mol. The van der Waals surface area contributed by atoms with Crippen LogP contribution >= 0.6 is 0 Å². The molecule has 0 aromatic heterocycles. The predicted octanol–water partition coefficient (Wildman–Crippen LogP) is 1.03. The predicted molar refractivity (Wildman–Crippen MR) is 112 cm³/mol. The number of rotatable bonds is 8. The number of carbonyl (C=O) groups excluding carboxylic acids is 1. The van der Waals surface area contributed by atoms with Crippen LogP contribution in [-0.2, 0) is 11.3 Å². The van der Waals surface area contributed by atoms with Gasteiger partial charge in [0, 0.05) is 58.4 Å². The zero-order valence-corrected chi connectivity index (χ0v) is 17.1. The first kappa shape index (κ1) is 20.6. The van der Waals surface area contributed by atoms with Crippen LogP contribution in [0.3, 0.4) is 0 Å². The Kier molecular flexibility index (Phi) is 7.02. The topological polar surface area (TPSA) is 77.1 Å². The lowest BCUT2D eigenvalue weighted by atomic mass is 10.1. The third kappa shape index (κ3) is 6.15. The summed E-state index contributed by atoms with van der Waals surface area (Å²) in [6.07, 6.45) is 2.16. The highest BCUT2D eigenvalue weighted by atomic mass is 16.6. The molecule has 0 bridgehead atoms. The first-order valence-corrected chi connectivity index (χ1v) is 11.0. The molecular formula is C22H34N4O3. The molecule has 1 aromatic carbocycles. The number of aliphatic hydroxyl groups excluding tert-OH is 1. The summed E-state index contributed by atoms with van der Waals surface area (Å²) >= 11 is 0. The van der Waals surface area contributed by atoms with Crippen LogP contribution in [0.2, 0.25) is 0 Å². The molecule has 4 rings (SSSR count). The van der Waals surface area contributed by atoms with Crippen molar-refractivity contribution in [3.8, 4) is 0 Å². The molecule has 1 aliphatic carbocycles. The first-order chi connectivity index (χ1) is 14.2. The average Bonchev–Trinajstić information content (AvgIpc) is 3.45. The van der Waals surface area contributed by atoms with Gasteiger partial charge >= 0.3 is 6.09 Å². The van der Waals surface area contributed by atoms with Crippen LogP contribution in [0, 0.1) is 5.92 Å². The SMILES string of the molecule is O=C(NCC[C@H]1CN(CC2CC2)CCN1Cc1ccccc1)O[C@H]1CNC[C@@H]1O. The molecular weight excluding hydrogens is 368 g/mol. The summed E-state index contributed by atoms with van der Waals surface area (Å²) in [5, 5.41) is 15.7. The lowest BCUT2D eigenvalue weighted by molar-refractivity contribution is 0.0315. The van der Waals surface area contributed by atoms with Crippen molar-refractivity contribution < 1.29 is 14.6 Å². The number of nitrogens with zero attached hydrogens (tertiary/aromatic N) is 2. The van der Waals surface area contributed by atoms with Crippen LogP contribution in [0.4, 0.5) is 4.79 Å². The maximum atomic E-state index is 12.1. The fourth-order valence-electron chi connectivity index (χ4n) is 4.37. The third-order valence-corrected chi connectivity index (χ3v) is 6.26. The van der Waals surface area contributed by atoms with Crippen LogP contribution < -0.4 is 10.6 Å². The van der Waals surface area contributed by atoms with Crippen LogP contribution in [0.5, 0.6) is 0 Å². The Balaban J connectivity index is 1.27. The van der Waals surface area contributed by atoms with E-state index in [1.54, 1.807) is 0 Å². The van der Waals surface area contributed by atoms with Gasteiger partial charge in [-0.2, -0.15) is 0 Å². The smallest absolute Gasteiger partial charge is 0.407 e. The van der Waals surface area contributed by atoms with Crippen molar-refractivity contribution in [1.82, 2.24) is 20.4 Å². The van der Waals surface area contributed by atoms with E-state index in [2.05, 4.69) is 50.8 Å². The van der Waals surface area contributed by atoms with Gasteiger partial charge in [-0.15, -0.1) is 0 Å². The Labute approximate surface area is 173 Å². The van der Waals surface area contributed by atoms with E-state index in [1.807, 2.05) is 0 Å². The Morgan fingerprint density at radius 2 is 2.03 bits per heavy atom. The number of nitrogens with one attached hydrogen (secondary N) is 2. The second kappa shape index (κ2) is 9.89. The standard InChI is InChI=1S/C22H34N4O3/c27-20-12-23-13-21(20)29-22(28)24-9-8-19-16-25(14-18-6-7-18)10-11-26(19)15-17-4-2-1-3-5-17/h1-5,18-21,23,27H,6-16H2,(H,24,28)/t19-,20-,21-/m0/s1. The van der Waals surface area contributed by atoms with Gasteiger partial charge in [-0.25, -0.2) is 4.79 Å². The minimum Gasteiger partial charge on any atom is -0.442 e. The Hall–Kier alpha value is -1.67. The number of piperazine rings is 1. The van der Waals surface area contributed by atoms with Gasteiger partial charge in [0.2, 0.25) is 0 Å². The second-order valence-electron chi connectivity index (χ2n) is 8.70. The van der Waals surface area contributed by atoms with E-state index in [0.717, 1.165) is 38.5 Å². The van der Waals surface area contributed by atoms with Gasteiger partial charge in [-0.05, 0) is 30.7 Å². The molecule has 7 nitrogen and oxygen atoms in total. The number of hydrogen-bond donors (Lipinski definition) is 3. The summed E-state index contributed by atoms with van der Waals surface area (Å²) in [6.45, 7) is 7.00. The Bertz CT molecular complexity index is 655. The molecule has 1 aromatic rings. The number of hydrogen-bond acceptors (Lipinski definition) is 6. The maximum Gasteiger partial charge on any atom is 0.407 e. The summed E-state index contributed by atoms with van der Waals surface area (Å²) in [6, 6.07) is 11.0. The highest BCUT2D eigenvalue weighted by Gasteiger charge is 2.31. The van der Waals surface area contributed by atoms with E-state index in [0.29, 0.717) is 25.7 Å². The van der Waals surface area contributed by atoms with E-state index < -0.39 is 18.3 Å². The van der Waals surface area contributed by atoms with Gasteiger partial charge in [0.15, 0.2) is 0 Å². The van der Waals surface area contributed by atoms with Crippen LogP contribution in [-0.4, -0.2) is 85.1 Å². The van der Waals surface area contributed by atoms with E-state index in [9.17, 15) is 9.90 Å². The van der Waals surface area contributed by atoms with Crippen LogP contribution in [0.25, 0.3) is 0 Å². The van der Waals surface area contributed by atoms with Gasteiger partial charge < -0.3 is 25.4 Å². The molecule has 2 saturated heterocycles. The number of amides is 1. The maximum absolute atomic E-state index is 12.1. The minimum absolute atomic E-state index is 0.418. The summed E-state index contributed by atoms with van der Waals surface area (Å²) < 4.78 is 5.33. The van der Waals surface area contributed by atoms with E-state index in [4.69, 9.17) is 4.74 Å². The molecule has 7 heteroatoms. The van der Waals surface area contributed by atoms with Crippen LogP contribution in [0.15, 0.2) is 30.3 Å². The van der Waals surface area contributed by atoms with E-state index in [1.165, 1.54) is 24.9 Å². The third-order valence-electron chi connectivity index (χ3n) is 6.26. The molecule has 1 saturated carbocycles. The van der Waals surface area contributed by atoms with Crippen molar-refractivity contribution in [2.45, 2.75) is 44.1 Å². The summed E-state index contributed by atoms with van der Waals surface area (Å²) in [7, 11) is 0. The molecule has 3 atom stereocenters. The van der Waals surface area contributed by atoms with Crippen molar-refractivity contribution in [2.75, 3.05) is 45.8 Å². The molecule has 3 aliphatic rings. The number of ether oxygens (including phenoxy) is 1. The highest BCUT2D eigenvalue weighted by Crippen LogP contribution is 2.30. The molecule has 3 fully saturated rings. The van der Waals surface area contributed by atoms with Gasteiger partial charge in [0.1, 0.15) is 12.2 Å². The highest BCUT2D eigenvalue weighted by molar-refractivity contribution is 5.67. The first-order valence-electron chi connectivity index (χ1n) is 11.0. The summed E-state index contributed by atoms with van der Waals surface area (Å²) in [4.78, 5) is 17.2.